The highest BCUT2D eigenvalue weighted by Gasteiger charge is 2.42. The molecule has 0 bridgehead atoms. The Hall–Kier alpha value is -1.78. The van der Waals surface area contributed by atoms with Gasteiger partial charge in [0.2, 0.25) is 5.91 Å². The lowest BCUT2D eigenvalue weighted by molar-refractivity contribution is -0.121. The van der Waals surface area contributed by atoms with Crippen LogP contribution in [0.15, 0.2) is 36.4 Å². The lowest BCUT2D eigenvalue weighted by Crippen LogP contribution is -2.38. The van der Waals surface area contributed by atoms with Crippen LogP contribution in [0.1, 0.15) is 31.2 Å². The number of nitrogens with two attached hydrogens (primary N) is 1. The van der Waals surface area contributed by atoms with Crippen molar-refractivity contribution < 1.29 is 9.18 Å². The molecule has 6 heteroatoms. The van der Waals surface area contributed by atoms with E-state index in [2.05, 4.69) is 5.32 Å². The Bertz CT molecular complexity index is 765. The zero-order chi connectivity index (χ0) is 17.3. The van der Waals surface area contributed by atoms with Gasteiger partial charge in [0.15, 0.2) is 0 Å². The van der Waals surface area contributed by atoms with Gasteiger partial charge in [0.05, 0.1) is 21.1 Å². The number of anilines is 2. The van der Waals surface area contributed by atoms with Crippen molar-refractivity contribution in [2.24, 2.45) is 0 Å². The molecule has 2 aromatic carbocycles. The summed E-state index contributed by atoms with van der Waals surface area (Å²) in [6.07, 6.45) is 3.21. The predicted octanol–water partition coefficient (Wildman–Crippen LogP) is 5.17. The Labute approximate surface area is 149 Å². The number of rotatable bonds is 3. The SMILES string of the molecule is Nc1c(Cl)cc(NC(=O)C2(c3cccc(F)c3)CCCC2)cc1Cl. The molecule has 1 aliphatic carbocycles. The first-order valence-electron chi connectivity index (χ1n) is 7.74. The van der Waals surface area contributed by atoms with E-state index in [1.165, 1.54) is 12.1 Å². The van der Waals surface area contributed by atoms with Gasteiger partial charge in [-0.1, -0.05) is 48.2 Å². The lowest BCUT2D eigenvalue weighted by atomic mass is 9.78. The van der Waals surface area contributed by atoms with Crippen molar-refractivity contribution in [3.05, 3.63) is 57.8 Å². The maximum absolute atomic E-state index is 13.7. The molecule has 126 valence electrons. The van der Waals surface area contributed by atoms with E-state index in [1.807, 2.05) is 0 Å². The van der Waals surface area contributed by atoms with Gasteiger partial charge in [0.25, 0.3) is 0 Å². The van der Waals surface area contributed by atoms with Gasteiger partial charge in [0.1, 0.15) is 5.82 Å². The molecule has 0 aliphatic heterocycles. The van der Waals surface area contributed by atoms with E-state index in [9.17, 15) is 9.18 Å². The number of benzene rings is 2. The van der Waals surface area contributed by atoms with Gasteiger partial charge in [0, 0.05) is 5.69 Å². The summed E-state index contributed by atoms with van der Waals surface area (Å²) in [6.45, 7) is 0. The highest BCUT2D eigenvalue weighted by molar-refractivity contribution is 6.39. The third-order valence-electron chi connectivity index (χ3n) is 4.61. The van der Waals surface area contributed by atoms with Crippen molar-refractivity contribution in [1.29, 1.82) is 0 Å². The van der Waals surface area contributed by atoms with Crippen LogP contribution in [0.5, 0.6) is 0 Å². The van der Waals surface area contributed by atoms with E-state index in [-0.39, 0.29) is 27.5 Å². The molecule has 0 unspecified atom stereocenters. The van der Waals surface area contributed by atoms with Gasteiger partial charge in [-0.2, -0.15) is 0 Å². The van der Waals surface area contributed by atoms with Crippen LogP contribution in [-0.2, 0) is 10.2 Å². The van der Waals surface area contributed by atoms with Gasteiger partial charge < -0.3 is 11.1 Å². The van der Waals surface area contributed by atoms with Crippen LogP contribution in [0.25, 0.3) is 0 Å². The van der Waals surface area contributed by atoms with Gasteiger partial charge >= 0.3 is 0 Å². The molecule has 0 spiro atoms. The summed E-state index contributed by atoms with van der Waals surface area (Å²) in [4.78, 5) is 13.0. The minimum Gasteiger partial charge on any atom is -0.396 e. The molecular formula is C18H17Cl2FN2O. The molecule has 3 nitrogen and oxygen atoms in total. The molecule has 0 heterocycles. The normalized spacial score (nSPS) is 16.1. The zero-order valence-electron chi connectivity index (χ0n) is 12.9. The smallest absolute Gasteiger partial charge is 0.235 e. The second-order valence-electron chi connectivity index (χ2n) is 6.11. The van der Waals surface area contributed by atoms with E-state index in [1.54, 1.807) is 24.3 Å². The average molecular weight is 367 g/mol. The van der Waals surface area contributed by atoms with Crippen LogP contribution >= 0.6 is 23.2 Å². The maximum Gasteiger partial charge on any atom is 0.235 e. The Balaban J connectivity index is 1.94. The number of hydrogen-bond acceptors (Lipinski definition) is 2. The fraction of sp³-hybridized carbons (Fsp3) is 0.278. The Morgan fingerprint density at radius 3 is 2.33 bits per heavy atom. The molecule has 2 aromatic rings. The summed E-state index contributed by atoms with van der Waals surface area (Å²) in [5.41, 5.74) is 6.44. The largest absolute Gasteiger partial charge is 0.396 e. The third-order valence-corrected chi connectivity index (χ3v) is 5.23. The molecule has 1 fully saturated rings. The molecule has 0 radical (unpaired) electrons. The number of nitrogens with one attached hydrogen (secondary N) is 1. The summed E-state index contributed by atoms with van der Waals surface area (Å²) >= 11 is 12.0. The first-order chi connectivity index (χ1) is 11.4. The summed E-state index contributed by atoms with van der Waals surface area (Å²) < 4.78 is 13.7. The number of halogens is 3. The van der Waals surface area contributed by atoms with Gasteiger partial charge in [-0.25, -0.2) is 4.39 Å². The van der Waals surface area contributed by atoms with E-state index < -0.39 is 5.41 Å². The molecule has 1 aliphatic rings. The van der Waals surface area contributed by atoms with E-state index in [0.717, 1.165) is 12.8 Å². The van der Waals surface area contributed by atoms with Crippen LogP contribution in [0.3, 0.4) is 0 Å². The van der Waals surface area contributed by atoms with Crippen LogP contribution in [0.4, 0.5) is 15.8 Å². The second-order valence-corrected chi connectivity index (χ2v) is 6.92. The number of carbonyl (C=O) groups is 1. The molecular weight excluding hydrogens is 350 g/mol. The quantitative estimate of drug-likeness (QED) is 0.736. The van der Waals surface area contributed by atoms with Crippen LogP contribution in [0.2, 0.25) is 10.0 Å². The van der Waals surface area contributed by atoms with Gasteiger partial charge in [-0.15, -0.1) is 0 Å². The van der Waals surface area contributed by atoms with E-state index in [4.69, 9.17) is 28.9 Å². The van der Waals surface area contributed by atoms with Crippen molar-refractivity contribution in [2.45, 2.75) is 31.1 Å². The first kappa shape index (κ1) is 17.1. The van der Waals surface area contributed by atoms with Crippen LogP contribution < -0.4 is 11.1 Å². The third kappa shape index (κ3) is 3.08. The monoisotopic (exact) mass is 366 g/mol. The summed E-state index contributed by atoms with van der Waals surface area (Å²) in [5.74, 6) is -0.521. The van der Waals surface area contributed by atoms with Crippen molar-refractivity contribution in [2.75, 3.05) is 11.1 Å². The zero-order valence-corrected chi connectivity index (χ0v) is 14.4. The van der Waals surface area contributed by atoms with Crippen molar-refractivity contribution in [3.8, 4) is 0 Å². The topological polar surface area (TPSA) is 55.1 Å². The molecule has 3 rings (SSSR count). The Kier molecular flexibility index (Phi) is 4.70. The standard InChI is InChI=1S/C18H17Cl2FN2O/c19-14-9-13(10-15(20)16(14)22)23-17(24)18(6-1-2-7-18)11-4-3-5-12(21)8-11/h3-5,8-10H,1-2,6-7,22H2,(H,23,24). The fourth-order valence-electron chi connectivity index (χ4n) is 3.32. The molecule has 1 saturated carbocycles. The minimum atomic E-state index is -0.734. The molecule has 0 saturated heterocycles. The average Bonchev–Trinajstić information content (AvgIpc) is 3.03. The van der Waals surface area contributed by atoms with Crippen LogP contribution in [0, 0.1) is 5.82 Å². The lowest BCUT2D eigenvalue weighted by Gasteiger charge is -2.28. The summed E-state index contributed by atoms with van der Waals surface area (Å²) in [5, 5.41) is 3.43. The van der Waals surface area contributed by atoms with E-state index >= 15 is 0 Å². The second kappa shape index (κ2) is 6.61. The van der Waals surface area contributed by atoms with E-state index in [0.29, 0.717) is 24.1 Å². The number of nitrogen functional groups attached to an aromatic ring is 1. The van der Waals surface area contributed by atoms with Gasteiger partial charge in [-0.05, 0) is 42.7 Å². The Morgan fingerprint density at radius 2 is 1.75 bits per heavy atom. The molecule has 3 N–H and O–H groups in total. The fourth-order valence-corrected chi connectivity index (χ4v) is 3.81. The highest BCUT2D eigenvalue weighted by atomic mass is 35.5. The Morgan fingerprint density at radius 1 is 1.12 bits per heavy atom. The summed E-state index contributed by atoms with van der Waals surface area (Å²) in [7, 11) is 0. The van der Waals surface area contributed by atoms with Crippen LogP contribution in [-0.4, -0.2) is 5.91 Å². The number of carbonyl (C=O) groups excluding carboxylic acids is 1. The van der Waals surface area contributed by atoms with Crippen molar-refractivity contribution >= 4 is 40.5 Å². The minimum absolute atomic E-state index is 0.178. The van der Waals surface area contributed by atoms with Crippen molar-refractivity contribution in [3.63, 3.8) is 0 Å². The summed E-state index contributed by atoms with van der Waals surface area (Å²) in [6, 6.07) is 9.38. The number of amides is 1. The first-order valence-corrected chi connectivity index (χ1v) is 8.50. The predicted molar refractivity (Wildman–Crippen MR) is 96.1 cm³/mol. The molecule has 0 aromatic heterocycles. The maximum atomic E-state index is 13.7. The molecule has 24 heavy (non-hydrogen) atoms. The number of hydrogen-bond donors (Lipinski definition) is 2. The van der Waals surface area contributed by atoms with Crippen molar-refractivity contribution in [1.82, 2.24) is 0 Å². The molecule has 0 atom stereocenters. The molecule has 1 amide bonds. The highest BCUT2D eigenvalue weighted by Crippen LogP contribution is 2.42. The van der Waals surface area contributed by atoms with Gasteiger partial charge in [-0.3, -0.25) is 4.79 Å².